The predicted molar refractivity (Wildman–Crippen MR) is 151 cm³/mol. The summed E-state index contributed by atoms with van der Waals surface area (Å²) in [4.78, 5) is 9.58. The normalized spacial score (nSPS) is 11.4. The molecule has 37 heavy (non-hydrogen) atoms. The lowest BCUT2D eigenvalue weighted by Crippen LogP contribution is -2.09. The largest absolute Gasteiger partial charge is 0.496 e. The first-order chi connectivity index (χ1) is 18.1. The number of aryl methyl sites for hydroxylation is 1. The zero-order chi connectivity index (χ0) is 26.0. The zero-order valence-electron chi connectivity index (χ0n) is 21.6. The minimum atomic E-state index is 0.426. The molecule has 0 aliphatic heterocycles. The van der Waals surface area contributed by atoms with Crippen LogP contribution in [0.4, 0.5) is 5.82 Å². The number of nitrogen functional groups attached to an aromatic ring is 1. The van der Waals surface area contributed by atoms with E-state index in [9.17, 15) is 0 Å². The van der Waals surface area contributed by atoms with Gasteiger partial charge >= 0.3 is 0 Å². The molecule has 2 N–H and O–H groups in total. The smallest absolute Gasteiger partial charge is 0.152 e. The summed E-state index contributed by atoms with van der Waals surface area (Å²) in [6.45, 7) is 9.41. The summed E-state index contributed by atoms with van der Waals surface area (Å²) in [6, 6.07) is 16.1. The highest BCUT2D eigenvalue weighted by Gasteiger charge is 2.18. The Kier molecular flexibility index (Phi) is 8.79. The molecule has 0 aliphatic rings. The average molecular weight is 495 g/mol. The number of fused-ring (bicyclic) bond motifs is 3. The van der Waals surface area contributed by atoms with Crippen molar-refractivity contribution in [2.24, 2.45) is 0 Å². The molecule has 0 radical (unpaired) electrons. The number of nitrogens with two attached hydrogens (primary N) is 1. The second-order valence-corrected chi connectivity index (χ2v) is 8.79. The van der Waals surface area contributed by atoms with Gasteiger partial charge in [-0.25, -0.2) is 9.97 Å². The Hall–Kier alpha value is -4.28. The molecule has 0 spiro atoms. The van der Waals surface area contributed by atoms with E-state index in [1.165, 1.54) is 0 Å². The molecule has 6 nitrogen and oxygen atoms in total. The Morgan fingerprint density at radius 3 is 2.76 bits per heavy atom. The molecule has 2 aromatic carbocycles. The molecule has 0 bridgehead atoms. The Labute approximate surface area is 218 Å². The van der Waals surface area contributed by atoms with E-state index in [2.05, 4.69) is 34.9 Å². The van der Waals surface area contributed by atoms with Crippen LogP contribution in [0.2, 0.25) is 0 Å². The first kappa shape index (κ1) is 25.8. The number of anilines is 1. The number of nitrogens with zero attached hydrogens (tertiary/aromatic N) is 3. The van der Waals surface area contributed by atoms with Gasteiger partial charge in [-0.15, -0.1) is 5.73 Å². The highest BCUT2D eigenvalue weighted by Crippen LogP contribution is 2.31. The van der Waals surface area contributed by atoms with E-state index in [1.54, 1.807) is 12.2 Å². The molecule has 0 amide bonds. The number of aromatic nitrogens is 3. The summed E-state index contributed by atoms with van der Waals surface area (Å²) in [7, 11) is 0. The quantitative estimate of drug-likeness (QED) is 0.132. The van der Waals surface area contributed by atoms with E-state index in [1.807, 2.05) is 61.5 Å². The van der Waals surface area contributed by atoms with Crippen LogP contribution in [0.1, 0.15) is 38.1 Å². The third-order valence-electron chi connectivity index (χ3n) is 6.03. The van der Waals surface area contributed by atoms with Crippen molar-refractivity contribution in [2.45, 2.75) is 46.3 Å². The number of pyridine rings is 1. The number of allylic oxidation sites excluding steroid dienone is 4. The fourth-order valence-corrected chi connectivity index (χ4v) is 4.17. The maximum absolute atomic E-state index is 6.42. The lowest BCUT2D eigenvalue weighted by molar-refractivity contribution is 0.202. The van der Waals surface area contributed by atoms with Gasteiger partial charge in [0.25, 0.3) is 0 Å². The first-order valence-corrected chi connectivity index (χ1v) is 12.7. The Morgan fingerprint density at radius 1 is 1.14 bits per heavy atom. The molecule has 190 valence electrons. The van der Waals surface area contributed by atoms with E-state index in [-0.39, 0.29) is 0 Å². The van der Waals surface area contributed by atoms with Crippen LogP contribution in [0, 0.1) is 0 Å². The number of ether oxygens (including phenoxy) is 2. The van der Waals surface area contributed by atoms with Gasteiger partial charge in [-0.05, 0) is 49.3 Å². The highest BCUT2D eigenvalue weighted by atomic mass is 16.5. The number of imidazole rings is 1. The van der Waals surface area contributed by atoms with Crippen molar-refractivity contribution in [1.82, 2.24) is 14.5 Å². The molecule has 4 rings (SSSR count). The van der Waals surface area contributed by atoms with Crippen molar-refractivity contribution >= 4 is 27.8 Å². The van der Waals surface area contributed by atoms with Gasteiger partial charge in [0.1, 0.15) is 30.3 Å². The lowest BCUT2D eigenvalue weighted by atomic mass is 10.1. The second-order valence-electron chi connectivity index (χ2n) is 8.79. The van der Waals surface area contributed by atoms with E-state index >= 15 is 0 Å². The third kappa shape index (κ3) is 6.49. The summed E-state index contributed by atoms with van der Waals surface area (Å²) < 4.78 is 14.2. The van der Waals surface area contributed by atoms with Crippen molar-refractivity contribution in [3.05, 3.63) is 102 Å². The molecule has 2 heterocycles. The standard InChI is InChI=1S/C31H34N4O2/c1-4-6-8-10-13-23(3)36-20-19-35-28(16-7-5-2)34-29-30(35)26-18-17-25(21-27(26)33-31(29)32)37-22-24-14-11-9-12-15-24/h4,6,9-15,17-18,21H,1,5,7,16,19-20,22H2,2-3H3,(H2,32,33)/b23-13+. The first-order valence-electron chi connectivity index (χ1n) is 12.7. The number of hydrogen-bond donors (Lipinski definition) is 1. The molecule has 0 atom stereocenters. The van der Waals surface area contributed by atoms with Crippen LogP contribution >= 0.6 is 0 Å². The van der Waals surface area contributed by atoms with Crippen molar-refractivity contribution in [3.8, 4) is 5.75 Å². The lowest BCUT2D eigenvalue weighted by Gasteiger charge is -2.13. The number of unbranched alkanes of at least 4 members (excludes halogenated alkanes) is 1. The number of rotatable bonds is 12. The molecule has 0 saturated carbocycles. The van der Waals surface area contributed by atoms with Crippen LogP contribution in [0.3, 0.4) is 0 Å². The second kappa shape index (κ2) is 12.6. The topological polar surface area (TPSA) is 75.2 Å². The Morgan fingerprint density at radius 2 is 1.97 bits per heavy atom. The van der Waals surface area contributed by atoms with Crippen LogP contribution in [0.25, 0.3) is 21.9 Å². The molecule has 0 aliphatic carbocycles. The zero-order valence-corrected chi connectivity index (χ0v) is 21.6. The SMILES string of the molecule is C=CC=C=C/C=C(\C)OCCn1c(CCCC)nc2c(N)nc3cc(OCc4ccccc4)ccc3c21. The van der Waals surface area contributed by atoms with Gasteiger partial charge in [0.15, 0.2) is 5.82 Å². The predicted octanol–water partition coefficient (Wildman–Crippen LogP) is 6.91. The third-order valence-corrected chi connectivity index (χ3v) is 6.03. The molecular formula is C31H34N4O2. The van der Waals surface area contributed by atoms with Gasteiger partial charge in [-0.1, -0.05) is 56.3 Å². The highest BCUT2D eigenvalue weighted by molar-refractivity contribution is 6.06. The van der Waals surface area contributed by atoms with Crippen molar-refractivity contribution < 1.29 is 9.47 Å². The summed E-state index contributed by atoms with van der Waals surface area (Å²) in [5, 5.41) is 0.997. The van der Waals surface area contributed by atoms with Gasteiger partial charge in [-0.2, -0.15) is 0 Å². The van der Waals surface area contributed by atoms with Crippen molar-refractivity contribution in [1.29, 1.82) is 0 Å². The molecule has 0 fully saturated rings. The fraction of sp³-hybridized carbons (Fsp3) is 0.258. The number of benzene rings is 2. The van der Waals surface area contributed by atoms with Crippen molar-refractivity contribution in [2.75, 3.05) is 12.3 Å². The molecule has 2 aromatic heterocycles. The summed E-state index contributed by atoms with van der Waals surface area (Å²) in [5.41, 5.74) is 13.0. The van der Waals surface area contributed by atoms with Crippen LogP contribution < -0.4 is 10.5 Å². The van der Waals surface area contributed by atoms with E-state index in [4.69, 9.17) is 20.2 Å². The van der Waals surface area contributed by atoms with Crippen molar-refractivity contribution in [3.63, 3.8) is 0 Å². The average Bonchev–Trinajstić information content (AvgIpc) is 3.28. The molecule has 4 aromatic rings. The fourth-order valence-electron chi connectivity index (χ4n) is 4.17. The molecule has 0 saturated heterocycles. The number of hydrogen-bond acceptors (Lipinski definition) is 5. The van der Waals surface area contributed by atoms with E-state index in [0.29, 0.717) is 25.6 Å². The maximum atomic E-state index is 6.42. The maximum Gasteiger partial charge on any atom is 0.152 e. The summed E-state index contributed by atoms with van der Waals surface area (Å²) >= 11 is 0. The van der Waals surface area contributed by atoms with Crippen LogP contribution in [-0.2, 0) is 24.3 Å². The van der Waals surface area contributed by atoms with Gasteiger partial charge in [0.2, 0.25) is 0 Å². The Bertz CT molecular complexity index is 1460. The minimum Gasteiger partial charge on any atom is -0.496 e. The van der Waals surface area contributed by atoms with Crippen LogP contribution in [0.15, 0.2) is 90.9 Å². The molecular weight excluding hydrogens is 460 g/mol. The molecule has 6 heteroatoms. The Balaban J connectivity index is 1.64. The van der Waals surface area contributed by atoms with E-state index in [0.717, 1.165) is 64.1 Å². The minimum absolute atomic E-state index is 0.426. The van der Waals surface area contributed by atoms with Gasteiger partial charge in [-0.3, -0.25) is 0 Å². The van der Waals surface area contributed by atoms with Crippen LogP contribution in [-0.4, -0.2) is 21.1 Å². The van der Waals surface area contributed by atoms with Gasteiger partial charge < -0.3 is 19.8 Å². The van der Waals surface area contributed by atoms with Crippen LogP contribution in [0.5, 0.6) is 5.75 Å². The summed E-state index contributed by atoms with van der Waals surface area (Å²) in [5.74, 6) is 3.00. The monoisotopic (exact) mass is 494 g/mol. The summed E-state index contributed by atoms with van der Waals surface area (Å²) in [6.07, 6.45) is 10.1. The van der Waals surface area contributed by atoms with Gasteiger partial charge in [0.05, 0.1) is 23.3 Å². The van der Waals surface area contributed by atoms with Gasteiger partial charge in [0, 0.05) is 17.9 Å². The van der Waals surface area contributed by atoms with E-state index < -0.39 is 0 Å². The molecule has 0 unspecified atom stereocenters.